The van der Waals surface area contributed by atoms with E-state index in [2.05, 4.69) is 0 Å². The molecule has 0 spiro atoms. The molecule has 4 nitrogen and oxygen atoms in total. The summed E-state index contributed by atoms with van der Waals surface area (Å²) in [4.78, 5) is 24.3. The van der Waals surface area contributed by atoms with Crippen molar-refractivity contribution in [2.45, 2.75) is 32.6 Å². The lowest BCUT2D eigenvalue weighted by Crippen LogP contribution is -2.33. The Morgan fingerprint density at radius 3 is 2.37 bits per heavy atom. The molecule has 0 saturated carbocycles. The fraction of sp³-hybridized carbons (Fsp3) is 0.467. The van der Waals surface area contributed by atoms with E-state index in [-0.39, 0.29) is 12.3 Å². The Morgan fingerprint density at radius 2 is 1.79 bits per heavy atom. The van der Waals surface area contributed by atoms with Crippen LogP contribution in [0.2, 0.25) is 0 Å². The largest absolute Gasteiger partial charge is 0.481 e. The normalized spacial score (nSPS) is 10.2. The van der Waals surface area contributed by atoms with Crippen LogP contribution in [0.3, 0.4) is 0 Å². The zero-order chi connectivity index (χ0) is 14.1. The van der Waals surface area contributed by atoms with Gasteiger partial charge in [-0.25, -0.2) is 0 Å². The summed E-state index contributed by atoms with van der Waals surface area (Å²) in [7, 11) is 0. The minimum atomic E-state index is -0.864. The highest BCUT2D eigenvalue weighted by Gasteiger charge is 2.13. The van der Waals surface area contributed by atoms with E-state index in [9.17, 15) is 9.59 Å². The monoisotopic (exact) mass is 263 g/mol. The summed E-state index contributed by atoms with van der Waals surface area (Å²) in [6.07, 6.45) is 1.99. The summed E-state index contributed by atoms with van der Waals surface area (Å²) in [5.41, 5.74) is 1.13. The van der Waals surface area contributed by atoms with Crippen molar-refractivity contribution in [3.05, 3.63) is 35.9 Å². The van der Waals surface area contributed by atoms with Crippen molar-refractivity contribution >= 4 is 11.9 Å². The Bertz CT molecular complexity index is 403. The second-order valence-corrected chi connectivity index (χ2v) is 4.51. The number of nitrogens with zero attached hydrogens (tertiary/aromatic N) is 1. The van der Waals surface area contributed by atoms with Gasteiger partial charge in [0.25, 0.3) is 0 Å². The second kappa shape index (κ2) is 8.29. The van der Waals surface area contributed by atoms with Crippen LogP contribution in [-0.2, 0) is 16.0 Å². The number of aliphatic carboxylic acids is 1. The molecule has 0 atom stereocenters. The molecule has 0 aliphatic carbocycles. The van der Waals surface area contributed by atoms with E-state index in [4.69, 9.17) is 5.11 Å². The Balaban J connectivity index is 2.45. The molecule has 1 rings (SSSR count). The van der Waals surface area contributed by atoms with Crippen LogP contribution in [0.15, 0.2) is 30.3 Å². The summed E-state index contributed by atoms with van der Waals surface area (Å²) < 4.78 is 0. The average Bonchev–Trinajstić information content (AvgIpc) is 2.41. The third-order valence-electron chi connectivity index (χ3n) is 2.91. The molecule has 0 bridgehead atoms. The molecule has 4 heteroatoms. The molecular weight excluding hydrogens is 242 g/mol. The Labute approximate surface area is 114 Å². The molecule has 0 aliphatic rings. The van der Waals surface area contributed by atoms with E-state index in [1.54, 1.807) is 4.90 Å². The predicted octanol–water partition coefficient (Wildman–Crippen LogP) is 2.33. The second-order valence-electron chi connectivity index (χ2n) is 4.51. The molecule has 1 aromatic rings. The Kier molecular flexibility index (Phi) is 6.64. The molecule has 0 radical (unpaired) electrons. The molecular formula is C15H21NO3. The first kappa shape index (κ1) is 15.2. The van der Waals surface area contributed by atoms with Gasteiger partial charge in [0.05, 0.1) is 6.42 Å². The van der Waals surface area contributed by atoms with Crippen LogP contribution < -0.4 is 0 Å². The van der Waals surface area contributed by atoms with Crippen molar-refractivity contribution in [3.63, 3.8) is 0 Å². The highest BCUT2D eigenvalue weighted by Crippen LogP contribution is 2.06. The maximum atomic E-state index is 12.1. The van der Waals surface area contributed by atoms with E-state index >= 15 is 0 Å². The molecule has 0 fully saturated rings. The average molecular weight is 263 g/mol. The predicted molar refractivity (Wildman–Crippen MR) is 73.9 cm³/mol. The van der Waals surface area contributed by atoms with Gasteiger partial charge in [-0.05, 0) is 18.4 Å². The van der Waals surface area contributed by atoms with Gasteiger partial charge in [-0.2, -0.15) is 0 Å². The molecule has 19 heavy (non-hydrogen) atoms. The SMILES string of the molecule is CCCN(CCC(=O)O)C(=O)CCc1ccccc1. The molecule has 104 valence electrons. The summed E-state index contributed by atoms with van der Waals surface area (Å²) in [5.74, 6) is -0.830. The minimum absolute atomic E-state index is 0.0110. The lowest BCUT2D eigenvalue weighted by Gasteiger charge is -2.21. The summed E-state index contributed by atoms with van der Waals surface area (Å²) in [6.45, 7) is 2.91. The lowest BCUT2D eigenvalue weighted by atomic mass is 10.1. The van der Waals surface area contributed by atoms with Gasteiger partial charge in [-0.3, -0.25) is 9.59 Å². The van der Waals surface area contributed by atoms with Gasteiger partial charge in [0.1, 0.15) is 0 Å². The highest BCUT2D eigenvalue weighted by atomic mass is 16.4. The van der Waals surface area contributed by atoms with Gasteiger partial charge in [0.15, 0.2) is 0 Å². The third kappa shape index (κ3) is 6.04. The molecule has 0 heterocycles. The number of hydrogen-bond acceptors (Lipinski definition) is 2. The quantitative estimate of drug-likeness (QED) is 0.783. The Hall–Kier alpha value is -1.84. The van der Waals surface area contributed by atoms with Crippen molar-refractivity contribution in [1.82, 2.24) is 4.90 Å². The first-order chi connectivity index (χ1) is 9.13. The molecule has 1 N–H and O–H groups in total. The van der Waals surface area contributed by atoms with E-state index in [1.165, 1.54) is 0 Å². The van der Waals surface area contributed by atoms with Crippen LogP contribution in [0.1, 0.15) is 31.7 Å². The zero-order valence-electron chi connectivity index (χ0n) is 11.3. The molecule has 1 amide bonds. The number of hydrogen-bond donors (Lipinski definition) is 1. The summed E-state index contributed by atoms with van der Waals surface area (Å²) >= 11 is 0. The number of carboxylic acids is 1. The highest BCUT2D eigenvalue weighted by molar-refractivity contribution is 5.77. The number of benzene rings is 1. The summed E-state index contributed by atoms with van der Waals surface area (Å²) in [5, 5.41) is 8.68. The fourth-order valence-electron chi connectivity index (χ4n) is 1.92. The van der Waals surface area contributed by atoms with Gasteiger partial charge < -0.3 is 10.0 Å². The van der Waals surface area contributed by atoms with Crippen LogP contribution in [0, 0.1) is 0 Å². The first-order valence-corrected chi connectivity index (χ1v) is 6.67. The maximum absolute atomic E-state index is 12.1. The van der Waals surface area contributed by atoms with Crippen molar-refractivity contribution in [3.8, 4) is 0 Å². The first-order valence-electron chi connectivity index (χ1n) is 6.67. The van der Waals surface area contributed by atoms with Crippen LogP contribution in [-0.4, -0.2) is 35.0 Å². The molecule has 0 saturated heterocycles. The topological polar surface area (TPSA) is 57.6 Å². The standard InChI is InChI=1S/C15H21NO3/c1-2-11-16(12-10-15(18)19)14(17)9-8-13-6-4-3-5-7-13/h3-7H,2,8-12H2,1H3,(H,18,19). The molecule has 1 aromatic carbocycles. The third-order valence-corrected chi connectivity index (χ3v) is 2.91. The van der Waals surface area contributed by atoms with Crippen molar-refractivity contribution in [1.29, 1.82) is 0 Å². The van der Waals surface area contributed by atoms with Gasteiger partial charge >= 0.3 is 5.97 Å². The fourth-order valence-corrected chi connectivity index (χ4v) is 1.92. The molecule has 0 aliphatic heterocycles. The Morgan fingerprint density at radius 1 is 1.11 bits per heavy atom. The smallest absolute Gasteiger partial charge is 0.305 e. The minimum Gasteiger partial charge on any atom is -0.481 e. The van der Waals surface area contributed by atoms with E-state index < -0.39 is 5.97 Å². The molecule has 0 unspecified atom stereocenters. The van der Waals surface area contributed by atoms with Crippen LogP contribution in [0.4, 0.5) is 0 Å². The van der Waals surface area contributed by atoms with E-state index in [0.29, 0.717) is 25.9 Å². The van der Waals surface area contributed by atoms with Crippen molar-refractivity contribution < 1.29 is 14.7 Å². The van der Waals surface area contributed by atoms with Gasteiger partial charge in [-0.1, -0.05) is 37.3 Å². The van der Waals surface area contributed by atoms with Crippen LogP contribution in [0.5, 0.6) is 0 Å². The van der Waals surface area contributed by atoms with Crippen molar-refractivity contribution in [2.24, 2.45) is 0 Å². The van der Waals surface area contributed by atoms with E-state index in [1.807, 2.05) is 37.3 Å². The molecule has 0 aromatic heterocycles. The number of carbonyl (C=O) groups is 2. The number of aryl methyl sites for hydroxylation is 1. The zero-order valence-corrected chi connectivity index (χ0v) is 11.3. The number of rotatable bonds is 8. The van der Waals surface area contributed by atoms with Gasteiger partial charge in [0, 0.05) is 19.5 Å². The number of carboxylic acid groups (broad SMARTS) is 1. The maximum Gasteiger partial charge on any atom is 0.305 e. The summed E-state index contributed by atoms with van der Waals surface area (Å²) in [6, 6.07) is 9.84. The number of carbonyl (C=O) groups excluding carboxylic acids is 1. The van der Waals surface area contributed by atoms with Crippen LogP contribution in [0.25, 0.3) is 0 Å². The van der Waals surface area contributed by atoms with Crippen LogP contribution >= 0.6 is 0 Å². The van der Waals surface area contributed by atoms with Gasteiger partial charge in [-0.15, -0.1) is 0 Å². The van der Waals surface area contributed by atoms with Crippen molar-refractivity contribution in [2.75, 3.05) is 13.1 Å². The number of amides is 1. The lowest BCUT2D eigenvalue weighted by molar-refractivity contribution is -0.138. The van der Waals surface area contributed by atoms with E-state index in [0.717, 1.165) is 12.0 Å². The van der Waals surface area contributed by atoms with Gasteiger partial charge in [0.2, 0.25) is 5.91 Å².